The number of nitrogens with two attached hydrogens (primary N) is 2. The molecule has 0 atom stereocenters. The van der Waals surface area contributed by atoms with Crippen LogP contribution in [0.2, 0.25) is 0 Å². The summed E-state index contributed by atoms with van der Waals surface area (Å²) in [5.41, 5.74) is 14.6. The second-order valence-corrected chi connectivity index (χ2v) is 7.89. The van der Waals surface area contributed by atoms with Crippen molar-refractivity contribution in [3.8, 4) is 0 Å². The molecule has 1 saturated heterocycles. The molecule has 1 aliphatic rings. The number of hydrogen-bond acceptors (Lipinski definition) is 6. The van der Waals surface area contributed by atoms with E-state index < -0.39 is 0 Å². The van der Waals surface area contributed by atoms with Gasteiger partial charge in [-0.1, -0.05) is 30.3 Å². The van der Waals surface area contributed by atoms with Crippen LogP contribution in [0.15, 0.2) is 42.7 Å². The summed E-state index contributed by atoms with van der Waals surface area (Å²) < 4.78 is 1.70. The highest BCUT2D eigenvalue weighted by molar-refractivity contribution is 5.99. The Morgan fingerprint density at radius 2 is 1.72 bits per heavy atom. The number of rotatable bonds is 2. The highest BCUT2D eigenvalue weighted by atomic mass is 16.2. The van der Waals surface area contributed by atoms with E-state index in [1.807, 2.05) is 49.2 Å². The van der Waals surface area contributed by atoms with Gasteiger partial charge >= 0.3 is 0 Å². The molecule has 4 rings (SSSR count). The second kappa shape index (κ2) is 12.1. The van der Waals surface area contributed by atoms with E-state index in [0.29, 0.717) is 18.2 Å². The topological polar surface area (TPSA) is 120 Å². The number of aryl methyl sites for hydroxylation is 2. The van der Waals surface area contributed by atoms with Crippen LogP contribution in [0.1, 0.15) is 48.2 Å². The van der Waals surface area contributed by atoms with Gasteiger partial charge in [-0.15, -0.1) is 0 Å². The summed E-state index contributed by atoms with van der Waals surface area (Å²) in [6, 6.07) is 10.3. The zero-order valence-corrected chi connectivity index (χ0v) is 19.4. The van der Waals surface area contributed by atoms with Crippen molar-refractivity contribution in [1.29, 1.82) is 0 Å². The van der Waals surface area contributed by atoms with Gasteiger partial charge in [-0.05, 0) is 37.8 Å². The van der Waals surface area contributed by atoms with Gasteiger partial charge < -0.3 is 16.4 Å². The normalized spacial score (nSPS) is 13.6. The number of pyridine rings is 1. The highest BCUT2D eigenvalue weighted by Crippen LogP contribution is 2.18. The number of carbonyl (C=O) groups excluding carboxylic acids is 2. The average Bonchev–Trinajstić information content (AvgIpc) is 3.17. The van der Waals surface area contributed by atoms with E-state index in [1.54, 1.807) is 30.9 Å². The summed E-state index contributed by atoms with van der Waals surface area (Å²) in [7, 11) is 1.84. The number of carbonyl (C=O) groups is 2. The molecule has 172 valence electrons. The first-order chi connectivity index (χ1) is 15.2. The van der Waals surface area contributed by atoms with E-state index in [9.17, 15) is 9.59 Å². The second-order valence-electron chi connectivity index (χ2n) is 7.89. The molecule has 0 bridgehead atoms. The van der Waals surface area contributed by atoms with Crippen LogP contribution in [0.5, 0.6) is 0 Å². The Bertz CT molecular complexity index is 1020. The molecule has 8 nitrogen and oxygen atoms in total. The van der Waals surface area contributed by atoms with Gasteiger partial charge in [0, 0.05) is 56.8 Å². The first-order valence-corrected chi connectivity index (χ1v) is 10.8. The Hall–Kier alpha value is -3.10. The molecular weight excluding hydrogens is 404 g/mol. The quantitative estimate of drug-likeness (QED) is 0.593. The van der Waals surface area contributed by atoms with Crippen LogP contribution in [0.25, 0.3) is 11.0 Å². The Kier molecular flexibility index (Phi) is 9.49. The summed E-state index contributed by atoms with van der Waals surface area (Å²) in [6.45, 7) is 7.40. The lowest BCUT2D eigenvalue weighted by Crippen LogP contribution is -2.41. The lowest BCUT2D eigenvalue weighted by Gasteiger charge is -2.28. The average molecular weight is 439 g/mol. The predicted octanol–water partition coefficient (Wildman–Crippen LogP) is 2.58. The standard InChI is InChI=1S/C10H11N3O.C7H14N2O.C7H9N/c1-6-8(7(2)14)4-11-10-9(6)5-12-13(10)3;1-6(10)9-4-2-7(8)3-5-9;8-6-7-4-2-1-3-5-7/h4-5H,1-3H3;7H,2-5,8H2,1H3;1-5H,6,8H2. The number of fused-ring (bicyclic) bond motifs is 1. The van der Waals surface area contributed by atoms with Crippen molar-refractivity contribution in [2.45, 2.75) is 46.2 Å². The van der Waals surface area contributed by atoms with Gasteiger partial charge in [0.25, 0.3) is 0 Å². The fourth-order valence-electron chi connectivity index (χ4n) is 3.40. The summed E-state index contributed by atoms with van der Waals surface area (Å²) in [5.74, 6) is 0.215. The number of aromatic nitrogens is 3. The first kappa shape index (κ1) is 25.2. The van der Waals surface area contributed by atoms with Crippen LogP contribution in [0.4, 0.5) is 0 Å². The van der Waals surface area contributed by atoms with E-state index in [2.05, 4.69) is 10.1 Å². The molecule has 32 heavy (non-hydrogen) atoms. The van der Waals surface area contributed by atoms with Crippen LogP contribution in [0.3, 0.4) is 0 Å². The summed E-state index contributed by atoms with van der Waals surface area (Å²) in [5, 5.41) is 5.04. The fourth-order valence-corrected chi connectivity index (χ4v) is 3.40. The van der Waals surface area contributed by atoms with Gasteiger partial charge in [0.05, 0.1) is 6.20 Å². The summed E-state index contributed by atoms with van der Waals surface area (Å²) in [4.78, 5) is 28.1. The van der Waals surface area contributed by atoms with Gasteiger partial charge in [-0.2, -0.15) is 5.10 Å². The molecule has 0 saturated carbocycles. The Morgan fingerprint density at radius 1 is 1.09 bits per heavy atom. The van der Waals surface area contributed by atoms with Crippen molar-refractivity contribution in [2.24, 2.45) is 18.5 Å². The van der Waals surface area contributed by atoms with E-state index in [4.69, 9.17) is 11.5 Å². The maximum absolute atomic E-state index is 11.2. The maximum atomic E-state index is 11.2. The molecule has 0 radical (unpaired) electrons. The van der Waals surface area contributed by atoms with Gasteiger partial charge in [0.15, 0.2) is 11.4 Å². The fraction of sp³-hybridized carbons (Fsp3) is 0.417. The number of likely N-dealkylation sites (tertiary alicyclic amines) is 1. The molecule has 3 aromatic rings. The number of nitrogens with zero attached hydrogens (tertiary/aromatic N) is 4. The van der Waals surface area contributed by atoms with E-state index >= 15 is 0 Å². The molecule has 3 heterocycles. The van der Waals surface area contributed by atoms with Gasteiger partial charge in [0.1, 0.15) is 0 Å². The van der Waals surface area contributed by atoms with Crippen molar-refractivity contribution >= 4 is 22.7 Å². The molecular formula is C24H34N6O2. The van der Waals surface area contributed by atoms with Crippen LogP contribution < -0.4 is 11.5 Å². The molecule has 1 aromatic carbocycles. The Morgan fingerprint density at radius 3 is 2.22 bits per heavy atom. The molecule has 2 aromatic heterocycles. The Balaban J connectivity index is 0.000000178. The third kappa shape index (κ3) is 6.96. The minimum Gasteiger partial charge on any atom is -0.343 e. The minimum absolute atomic E-state index is 0.0424. The third-order valence-electron chi connectivity index (χ3n) is 5.47. The molecule has 0 spiro atoms. The molecule has 0 unspecified atom stereocenters. The van der Waals surface area contributed by atoms with Crippen molar-refractivity contribution < 1.29 is 9.59 Å². The first-order valence-electron chi connectivity index (χ1n) is 10.8. The van der Waals surface area contributed by atoms with Gasteiger partial charge in [-0.25, -0.2) is 4.98 Å². The van der Waals surface area contributed by atoms with Crippen LogP contribution >= 0.6 is 0 Å². The number of Topliss-reactive ketones (excluding diaryl/α,β-unsaturated/α-hetero) is 1. The smallest absolute Gasteiger partial charge is 0.219 e. The molecule has 4 N–H and O–H groups in total. The summed E-state index contributed by atoms with van der Waals surface area (Å²) in [6.07, 6.45) is 5.27. The van der Waals surface area contributed by atoms with Crippen LogP contribution in [-0.2, 0) is 18.4 Å². The van der Waals surface area contributed by atoms with Crippen molar-refractivity contribution in [1.82, 2.24) is 19.7 Å². The van der Waals surface area contributed by atoms with Crippen molar-refractivity contribution in [3.05, 3.63) is 59.4 Å². The molecule has 0 aliphatic carbocycles. The largest absolute Gasteiger partial charge is 0.343 e. The number of benzene rings is 1. The van der Waals surface area contributed by atoms with E-state index in [0.717, 1.165) is 42.5 Å². The zero-order valence-electron chi connectivity index (χ0n) is 19.4. The monoisotopic (exact) mass is 438 g/mol. The minimum atomic E-state index is 0.0424. The zero-order chi connectivity index (χ0) is 23.7. The number of amides is 1. The molecule has 1 amide bonds. The third-order valence-corrected chi connectivity index (χ3v) is 5.47. The molecule has 1 aliphatic heterocycles. The van der Waals surface area contributed by atoms with Gasteiger partial charge in [0.2, 0.25) is 5.91 Å². The van der Waals surface area contributed by atoms with E-state index in [-0.39, 0.29) is 11.7 Å². The van der Waals surface area contributed by atoms with Crippen molar-refractivity contribution in [3.63, 3.8) is 0 Å². The van der Waals surface area contributed by atoms with Crippen LogP contribution in [0, 0.1) is 6.92 Å². The highest BCUT2D eigenvalue weighted by Gasteiger charge is 2.17. The lowest BCUT2D eigenvalue weighted by atomic mass is 10.1. The van der Waals surface area contributed by atoms with Gasteiger partial charge in [-0.3, -0.25) is 14.3 Å². The Labute approximate surface area is 189 Å². The number of hydrogen-bond donors (Lipinski definition) is 2. The number of ketones is 1. The summed E-state index contributed by atoms with van der Waals surface area (Å²) >= 11 is 0. The molecule has 8 heteroatoms. The molecule has 1 fully saturated rings. The lowest BCUT2D eigenvalue weighted by molar-refractivity contribution is -0.129. The van der Waals surface area contributed by atoms with Crippen LogP contribution in [-0.4, -0.2) is 50.5 Å². The SMILES string of the molecule is CC(=O)N1CCC(N)CC1.CC(=O)c1cnc2c(cnn2C)c1C.NCc1ccccc1. The number of piperidine rings is 1. The maximum Gasteiger partial charge on any atom is 0.219 e. The predicted molar refractivity (Wildman–Crippen MR) is 127 cm³/mol. The van der Waals surface area contributed by atoms with Crippen molar-refractivity contribution in [2.75, 3.05) is 13.1 Å². The van der Waals surface area contributed by atoms with E-state index in [1.165, 1.54) is 5.56 Å².